The summed E-state index contributed by atoms with van der Waals surface area (Å²) < 4.78 is 36.6. The Hall–Kier alpha value is -1.55. The fourth-order valence-corrected chi connectivity index (χ4v) is 1.52. The van der Waals surface area contributed by atoms with Gasteiger partial charge in [-0.15, -0.1) is 0 Å². The first kappa shape index (κ1) is 11.9. The van der Waals surface area contributed by atoms with Crippen molar-refractivity contribution in [1.29, 1.82) is 0 Å². The van der Waals surface area contributed by atoms with Crippen molar-refractivity contribution >= 4 is 33.2 Å². The Bertz CT molecular complexity index is 575. The first-order valence-electron chi connectivity index (χ1n) is 4.77. The maximum Gasteiger partial charge on any atom is 0.444 e. The molecule has 0 heterocycles. The van der Waals surface area contributed by atoms with Crippen molar-refractivity contribution in [1.82, 2.24) is 0 Å². The highest BCUT2D eigenvalue weighted by molar-refractivity contribution is 6.67. The molecule has 0 amide bonds. The van der Waals surface area contributed by atoms with E-state index in [1.165, 1.54) is 6.07 Å². The maximum absolute atomic E-state index is 12.2. The Morgan fingerprint density at radius 2 is 1.65 bits per heavy atom. The van der Waals surface area contributed by atoms with Gasteiger partial charge in [0.15, 0.2) is 0 Å². The van der Waals surface area contributed by atoms with Crippen molar-refractivity contribution < 1.29 is 13.2 Å². The van der Waals surface area contributed by atoms with E-state index in [0.29, 0.717) is 0 Å². The van der Waals surface area contributed by atoms with Gasteiger partial charge < -0.3 is 0 Å². The average Bonchev–Trinajstić information content (AvgIpc) is 2.27. The Balaban J connectivity index is 2.44. The number of nitrogens with zero attached hydrogens (tertiary/aromatic N) is 1. The average molecular weight is 258 g/mol. The van der Waals surface area contributed by atoms with Crippen molar-refractivity contribution in [3.8, 4) is 0 Å². The summed E-state index contributed by atoms with van der Waals surface area (Å²) in [5.41, 5.74) is 0.186. The van der Waals surface area contributed by atoms with Crippen LogP contribution in [0.5, 0.6) is 0 Å². The van der Waals surface area contributed by atoms with Gasteiger partial charge in [0.1, 0.15) is 0 Å². The van der Waals surface area contributed by atoms with Crippen LogP contribution >= 0.6 is 11.6 Å². The SMILES string of the molecule is FC(F)(F)/C(Cl)=N\c1ccc2ccccc2c1. The molecular formula is C12H7ClF3N. The molecule has 0 aliphatic carbocycles. The highest BCUT2D eigenvalue weighted by Crippen LogP contribution is 2.26. The highest BCUT2D eigenvalue weighted by Gasteiger charge is 2.34. The van der Waals surface area contributed by atoms with Gasteiger partial charge >= 0.3 is 6.18 Å². The molecular weight excluding hydrogens is 251 g/mol. The lowest BCUT2D eigenvalue weighted by molar-refractivity contribution is -0.0558. The van der Waals surface area contributed by atoms with E-state index in [0.717, 1.165) is 10.8 Å². The van der Waals surface area contributed by atoms with Crippen molar-refractivity contribution in [3.05, 3.63) is 42.5 Å². The van der Waals surface area contributed by atoms with E-state index in [9.17, 15) is 13.2 Å². The number of benzene rings is 2. The van der Waals surface area contributed by atoms with Crippen molar-refractivity contribution in [3.63, 3.8) is 0 Å². The highest BCUT2D eigenvalue weighted by atomic mass is 35.5. The van der Waals surface area contributed by atoms with Crippen molar-refractivity contribution in [2.45, 2.75) is 6.18 Å². The monoisotopic (exact) mass is 257 g/mol. The summed E-state index contributed by atoms with van der Waals surface area (Å²) >= 11 is 5.07. The summed E-state index contributed by atoms with van der Waals surface area (Å²) in [6.07, 6.45) is -4.60. The van der Waals surface area contributed by atoms with Crippen LogP contribution in [0.1, 0.15) is 0 Å². The zero-order valence-corrected chi connectivity index (χ0v) is 9.26. The minimum absolute atomic E-state index is 0.186. The second-order valence-corrected chi connectivity index (χ2v) is 3.79. The van der Waals surface area contributed by atoms with Gasteiger partial charge in [-0.05, 0) is 22.9 Å². The van der Waals surface area contributed by atoms with Gasteiger partial charge in [-0.1, -0.05) is 41.9 Å². The largest absolute Gasteiger partial charge is 0.444 e. The number of halogens is 4. The zero-order chi connectivity index (χ0) is 12.5. The molecule has 0 aliphatic heterocycles. The Kier molecular flexibility index (Phi) is 3.07. The summed E-state index contributed by atoms with van der Waals surface area (Å²) in [7, 11) is 0. The summed E-state index contributed by atoms with van der Waals surface area (Å²) in [6.45, 7) is 0. The minimum Gasteiger partial charge on any atom is -0.232 e. The smallest absolute Gasteiger partial charge is 0.232 e. The quantitative estimate of drug-likeness (QED) is 0.658. The third-order valence-electron chi connectivity index (χ3n) is 2.19. The molecule has 0 radical (unpaired) electrons. The predicted octanol–water partition coefficient (Wildman–Crippen LogP) is 4.67. The number of hydrogen-bond donors (Lipinski definition) is 0. The number of hydrogen-bond acceptors (Lipinski definition) is 1. The Labute approximate surface area is 101 Å². The second kappa shape index (κ2) is 4.37. The fourth-order valence-electron chi connectivity index (χ4n) is 1.42. The molecule has 2 aromatic carbocycles. The standard InChI is InChI=1S/C12H7ClF3N/c13-11(12(14,15)16)17-10-6-5-8-3-1-2-4-9(8)7-10/h1-7H/b17-11+. The van der Waals surface area contributed by atoms with E-state index < -0.39 is 11.3 Å². The molecule has 0 aliphatic rings. The molecule has 1 nitrogen and oxygen atoms in total. The van der Waals surface area contributed by atoms with Gasteiger partial charge in [-0.3, -0.25) is 0 Å². The van der Waals surface area contributed by atoms with E-state index in [4.69, 9.17) is 11.6 Å². The minimum atomic E-state index is -4.60. The van der Waals surface area contributed by atoms with Crippen LogP contribution in [0.3, 0.4) is 0 Å². The zero-order valence-electron chi connectivity index (χ0n) is 8.50. The molecule has 2 rings (SSSR count). The van der Waals surface area contributed by atoms with E-state index in [1.807, 2.05) is 12.1 Å². The van der Waals surface area contributed by atoms with Gasteiger partial charge in [0, 0.05) is 0 Å². The van der Waals surface area contributed by atoms with Gasteiger partial charge in [-0.2, -0.15) is 13.2 Å². The first-order chi connectivity index (χ1) is 7.97. The Morgan fingerprint density at radius 1 is 1.00 bits per heavy atom. The molecule has 0 fully saturated rings. The van der Waals surface area contributed by atoms with E-state index >= 15 is 0 Å². The number of alkyl halides is 3. The van der Waals surface area contributed by atoms with Gasteiger partial charge in [0.2, 0.25) is 5.17 Å². The third-order valence-corrected chi connectivity index (χ3v) is 2.49. The third kappa shape index (κ3) is 2.77. The van der Waals surface area contributed by atoms with Gasteiger partial charge in [0.25, 0.3) is 0 Å². The number of fused-ring (bicyclic) bond motifs is 1. The molecule has 0 aromatic heterocycles. The summed E-state index contributed by atoms with van der Waals surface area (Å²) in [6, 6.07) is 12.1. The van der Waals surface area contributed by atoms with E-state index in [1.54, 1.807) is 24.3 Å². The van der Waals surface area contributed by atoms with Crippen LogP contribution in [-0.2, 0) is 0 Å². The lowest BCUT2D eigenvalue weighted by Gasteiger charge is -2.04. The van der Waals surface area contributed by atoms with Crippen LogP contribution in [0.2, 0.25) is 0 Å². The van der Waals surface area contributed by atoms with Crippen LogP contribution in [-0.4, -0.2) is 11.3 Å². The lowest BCUT2D eigenvalue weighted by atomic mass is 10.1. The molecule has 0 saturated heterocycles. The molecule has 88 valence electrons. The predicted molar refractivity (Wildman–Crippen MR) is 63.0 cm³/mol. The van der Waals surface area contributed by atoms with E-state index in [-0.39, 0.29) is 5.69 Å². The van der Waals surface area contributed by atoms with Crippen molar-refractivity contribution in [2.24, 2.45) is 4.99 Å². The summed E-state index contributed by atoms with van der Waals surface area (Å²) in [5, 5.41) is 0.391. The second-order valence-electron chi connectivity index (χ2n) is 3.43. The van der Waals surface area contributed by atoms with Crippen LogP contribution < -0.4 is 0 Å². The molecule has 0 bridgehead atoms. The molecule has 5 heteroatoms. The normalized spacial score (nSPS) is 13.1. The molecule has 17 heavy (non-hydrogen) atoms. The summed E-state index contributed by atoms with van der Waals surface area (Å²) in [4.78, 5) is 3.34. The fraction of sp³-hybridized carbons (Fsp3) is 0.0833. The maximum atomic E-state index is 12.2. The van der Waals surface area contributed by atoms with E-state index in [2.05, 4.69) is 4.99 Å². The van der Waals surface area contributed by atoms with Gasteiger partial charge in [-0.25, -0.2) is 4.99 Å². The number of rotatable bonds is 1. The molecule has 0 N–H and O–H groups in total. The van der Waals surface area contributed by atoms with Crippen molar-refractivity contribution in [2.75, 3.05) is 0 Å². The lowest BCUT2D eigenvalue weighted by Crippen LogP contribution is -2.16. The first-order valence-corrected chi connectivity index (χ1v) is 5.15. The molecule has 0 unspecified atom stereocenters. The Morgan fingerprint density at radius 3 is 2.29 bits per heavy atom. The topological polar surface area (TPSA) is 12.4 Å². The number of aliphatic imine (C=N–C) groups is 1. The molecule has 0 spiro atoms. The molecule has 2 aromatic rings. The summed E-state index contributed by atoms with van der Waals surface area (Å²) in [5.74, 6) is 0. The van der Waals surface area contributed by atoms with Crippen LogP contribution in [0.15, 0.2) is 47.5 Å². The van der Waals surface area contributed by atoms with Crippen LogP contribution in [0.25, 0.3) is 10.8 Å². The van der Waals surface area contributed by atoms with Crippen LogP contribution in [0.4, 0.5) is 18.9 Å². The van der Waals surface area contributed by atoms with Crippen LogP contribution in [0, 0.1) is 0 Å². The molecule has 0 saturated carbocycles. The van der Waals surface area contributed by atoms with Gasteiger partial charge in [0.05, 0.1) is 5.69 Å². The molecule has 0 atom stereocenters.